The number of alkyl halides is 3. The Morgan fingerprint density at radius 3 is 2.62 bits per heavy atom. The number of H-pyrrole nitrogens is 1. The van der Waals surface area contributed by atoms with Gasteiger partial charge in [0.25, 0.3) is 0 Å². The number of rotatable bonds is 8. The number of hydrogen-bond acceptors (Lipinski definition) is 6. The summed E-state index contributed by atoms with van der Waals surface area (Å²) in [5.41, 5.74) is 4.30. The maximum atomic E-state index is 10.6. The number of fused-ring (bicyclic) bond motifs is 1. The summed E-state index contributed by atoms with van der Waals surface area (Å²) in [4.78, 5) is 18.8. The summed E-state index contributed by atoms with van der Waals surface area (Å²) in [5.74, 6) is -1.86. The summed E-state index contributed by atoms with van der Waals surface area (Å²) in [6, 6.07) is 14.5. The zero-order valence-corrected chi connectivity index (χ0v) is 18.5. The molecule has 8 nitrogen and oxygen atoms in total. The average Bonchev–Trinajstić information content (AvgIpc) is 3.30. The Morgan fingerprint density at radius 1 is 1.15 bits per heavy atom. The number of halogens is 3. The van der Waals surface area contributed by atoms with Crippen molar-refractivity contribution in [1.29, 1.82) is 0 Å². The van der Waals surface area contributed by atoms with Gasteiger partial charge in [0.05, 0.1) is 30.6 Å². The standard InChI is InChI=1S/C21H26N4O2.C2HF3O2/c1-2-17(18-4-5-20-21(15-18)24-16-23-20)14-19(3-1)27-11-7-22-6-8-25-9-12-26-13-10-25;3-2(4,5)1(6)7/h1-5,14-16,22H,6-13H2,(H,23,24);(H,6,7). The number of carbonyl (C=O) groups is 1. The van der Waals surface area contributed by atoms with Gasteiger partial charge >= 0.3 is 12.1 Å². The predicted molar refractivity (Wildman–Crippen MR) is 121 cm³/mol. The number of carboxylic acids is 1. The van der Waals surface area contributed by atoms with Gasteiger partial charge in [-0.3, -0.25) is 4.90 Å². The van der Waals surface area contributed by atoms with E-state index in [0.717, 1.165) is 73.8 Å². The minimum Gasteiger partial charge on any atom is -0.492 e. The number of aromatic amines is 1. The molecular weight excluding hydrogens is 453 g/mol. The SMILES string of the molecule is O=C(O)C(F)(F)F.c1cc(OCCNCCN2CCOCC2)cc(-c2ccc3[nH]cnc3c2)c1. The van der Waals surface area contributed by atoms with Gasteiger partial charge in [0.1, 0.15) is 12.4 Å². The molecule has 0 atom stereocenters. The second-order valence-corrected chi connectivity index (χ2v) is 7.52. The number of benzene rings is 2. The zero-order chi connectivity index (χ0) is 24.4. The van der Waals surface area contributed by atoms with E-state index >= 15 is 0 Å². The quantitative estimate of drug-likeness (QED) is 0.426. The fourth-order valence-electron chi connectivity index (χ4n) is 3.30. The third kappa shape index (κ3) is 8.01. The van der Waals surface area contributed by atoms with Crippen molar-refractivity contribution >= 4 is 17.0 Å². The van der Waals surface area contributed by atoms with Gasteiger partial charge in [0.2, 0.25) is 0 Å². The molecule has 4 rings (SSSR count). The van der Waals surface area contributed by atoms with E-state index in [-0.39, 0.29) is 0 Å². The van der Waals surface area contributed by atoms with Crippen molar-refractivity contribution in [3.8, 4) is 16.9 Å². The Kier molecular flexibility index (Phi) is 9.25. The second kappa shape index (κ2) is 12.4. The average molecular weight is 480 g/mol. The third-order valence-corrected chi connectivity index (χ3v) is 5.09. The molecule has 1 aliphatic rings. The Labute approximate surface area is 194 Å². The molecule has 0 aliphatic carbocycles. The van der Waals surface area contributed by atoms with Crippen molar-refractivity contribution in [2.45, 2.75) is 6.18 Å². The summed E-state index contributed by atoms with van der Waals surface area (Å²) in [6.45, 7) is 7.32. The molecule has 0 radical (unpaired) electrons. The number of aromatic nitrogens is 2. The van der Waals surface area contributed by atoms with Gasteiger partial charge < -0.3 is 24.9 Å². The molecule has 2 heterocycles. The largest absolute Gasteiger partial charge is 0.492 e. The first-order valence-corrected chi connectivity index (χ1v) is 10.8. The number of morpholine rings is 1. The Hall–Kier alpha value is -3.15. The lowest BCUT2D eigenvalue weighted by atomic mass is 10.0. The molecule has 1 aliphatic heterocycles. The number of carboxylic acid groups (broad SMARTS) is 1. The first-order chi connectivity index (χ1) is 16.3. The lowest BCUT2D eigenvalue weighted by molar-refractivity contribution is -0.192. The highest BCUT2D eigenvalue weighted by Gasteiger charge is 2.38. The molecule has 0 saturated carbocycles. The first-order valence-electron chi connectivity index (χ1n) is 10.8. The minimum absolute atomic E-state index is 0.658. The number of nitrogens with zero attached hydrogens (tertiary/aromatic N) is 2. The van der Waals surface area contributed by atoms with Gasteiger partial charge in [0, 0.05) is 32.7 Å². The van der Waals surface area contributed by atoms with Crippen LogP contribution < -0.4 is 10.1 Å². The van der Waals surface area contributed by atoms with Gasteiger partial charge in [-0.1, -0.05) is 18.2 Å². The van der Waals surface area contributed by atoms with Crippen molar-refractivity contribution in [2.24, 2.45) is 0 Å². The summed E-state index contributed by atoms with van der Waals surface area (Å²) < 4.78 is 43.0. The van der Waals surface area contributed by atoms with Gasteiger partial charge in [-0.05, 0) is 35.4 Å². The molecule has 0 amide bonds. The molecule has 1 saturated heterocycles. The van der Waals surface area contributed by atoms with E-state index in [0.29, 0.717) is 6.61 Å². The van der Waals surface area contributed by atoms with Crippen LogP contribution in [0.4, 0.5) is 13.2 Å². The van der Waals surface area contributed by atoms with Gasteiger partial charge in [-0.25, -0.2) is 9.78 Å². The molecule has 3 aromatic rings. The van der Waals surface area contributed by atoms with Crippen molar-refractivity contribution in [2.75, 3.05) is 52.5 Å². The van der Waals surface area contributed by atoms with Crippen LogP contribution in [0.3, 0.4) is 0 Å². The van der Waals surface area contributed by atoms with Crippen LogP contribution in [0.15, 0.2) is 48.8 Å². The monoisotopic (exact) mass is 480 g/mol. The van der Waals surface area contributed by atoms with Crippen LogP contribution in [-0.2, 0) is 9.53 Å². The predicted octanol–water partition coefficient (Wildman–Crippen LogP) is 3.16. The number of nitrogens with one attached hydrogen (secondary N) is 2. The molecule has 184 valence electrons. The van der Waals surface area contributed by atoms with E-state index in [2.05, 4.69) is 50.5 Å². The number of aliphatic carboxylic acids is 1. The summed E-state index contributed by atoms with van der Waals surface area (Å²) in [7, 11) is 0. The Balaban J connectivity index is 0.000000406. The van der Waals surface area contributed by atoms with E-state index in [1.807, 2.05) is 12.1 Å². The van der Waals surface area contributed by atoms with E-state index < -0.39 is 12.1 Å². The molecular formula is C23H27F3N4O4. The smallest absolute Gasteiger partial charge is 0.490 e. The summed E-state index contributed by atoms with van der Waals surface area (Å²) in [5, 5.41) is 10.6. The lowest BCUT2D eigenvalue weighted by Crippen LogP contribution is -2.40. The maximum absolute atomic E-state index is 10.6. The lowest BCUT2D eigenvalue weighted by Gasteiger charge is -2.26. The van der Waals surface area contributed by atoms with E-state index in [1.54, 1.807) is 6.33 Å². The summed E-state index contributed by atoms with van der Waals surface area (Å²) >= 11 is 0. The van der Waals surface area contributed by atoms with Crippen LogP contribution in [0.5, 0.6) is 5.75 Å². The van der Waals surface area contributed by atoms with Gasteiger partial charge in [0.15, 0.2) is 0 Å². The first kappa shape index (κ1) is 25.5. The maximum Gasteiger partial charge on any atom is 0.490 e. The zero-order valence-electron chi connectivity index (χ0n) is 18.5. The van der Waals surface area contributed by atoms with Gasteiger partial charge in [-0.15, -0.1) is 0 Å². The third-order valence-electron chi connectivity index (χ3n) is 5.09. The number of imidazole rings is 1. The van der Waals surface area contributed by atoms with Crippen molar-refractivity contribution < 1.29 is 32.5 Å². The molecule has 34 heavy (non-hydrogen) atoms. The minimum atomic E-state index is -5.08. The Bertz CT molecular complexity index is 1050. The molecule has 1 fully saturated rings. The highest BCUT2D eigenvalue weighted by Crippen LogP contribution is 2.26. The highest BCUT2D eigenvalue weighted by atomic mass is 19.4. The molecule has 1 aromatic heterocycles. The molecule has 0 unspecified atom stereocenters. The topological polar surface area (TPSA) is 99.7 Å². The highest BCUT2D eigenvalue weighted by molar-refractivity contribution is 5.81. The fraction of sp³-hybridized carbons (Fsp3) is 0.391. The van der Waals surface area contributed by atoms with Crippen molar-refractivity contribution in [3.63, 3.8) is 0 Å². The number of hydrogen-bond donors (Lipinski definition) is 3. The van der Waals surface area contributed by atoms with Crippen LogP contribution in [0.2, 0.25) is 0 Å². The van der Waals surface area contributed by atoms with Gasteiger partial charge in [-0.2, -0.15) is 13.2 Å². The molecule has 2 aromatic carbocycles. The fourth-order valence-corrected chi connectivity index (χ4v) is 3.30. The van der Waals surface area contributed by atoms with Crippen LogP contribution in [-0.4, -0.2) is 84.7 Å². The molecule has 11 heteroatoms. The second-order valence-electron chi connectivity index (χ2n) is 7.52. The van der Waals surface area contributed by atoms with E-state index in [1.165, 1.54) is 0 Å². The van der Waals surface area contributed by atoms with E-state index in [4.69, 9.17) is 19.4 Å². The van der Waals surface area contributed by atoms with Crippen LogP contribution in [0, 0.1) is 0 Å². The van der Waals surface area contributed by atoms with Crippen molar-refractivity contribution in [3.05, 3.63) is 48.8 Å². The summed E-state index contributed by atoms with van der Waals surface area (Å²) in [6.07, 6.45) is -3.36. The van der Waals surface area contributed by atoms with Crippen molar-refractivity contribution in [1.82, 2.24) is 20.2 Å². The van der Waals surface area contributed by atoms with Crippen LogP contribution in [0.1, 0.15) is 0 Å². The Morgan fingerprint density at radius 2 is 1.88 bits per heavy atom. The number of ether oxygens (including phenoxy) is 2. The van der Waals surface area contributed by atoms with E-state index in [9.17, 15) is 13.2 Å². The van der Waals surface area contributed by atoms with Crippen LogP contribution in [0.25, 0.3) is 22.2 Å². The normalized spacial score (nSPS) is 14.4. The molecule has 3 N–H and O–H groups in total. The van der Waals surface area contributed by atoms with Crippen LogP contribution >= 0.6 is 0 Å². The molecule has 0 bridgehead atoms. The molecule has 0 spiro atoms.